The molecule has 3 heteroatoms. The van der Waals surface area contributed by atoms with Crippen molar-refractivity contribution in [3.05, 3.63) is 70.8 Å². The average molecular weight is 320 g/mol. The predicted molar refractivity (Wildman–Crippen MR) is 93.4 cm³/mol. The molecule has 2 aromatic rings. The lowest BCUT2D eigenvalue weighted by molar-refractivity contribution is 0.932. The monoisotopic (exact) mass is 319 g/mol. The van der Waals surface area contributed by atoms with E-state index in [1.54, 1.807) is 0 Å². The molecule has 1 aliphatic rings. The molecule has 0 N–H and O–H groups in total. The molecule has 0 atom stereocenters. The second-order valence-electron chi connectivity index (χ2n) is 5.12. The van der Waals surface area contributed by atoms with E-state index in [1.807, 2.05) is 0 Å². The summed E-state index contributed by atoms with van der Waals surface area (Å²) in [6, 6.07) is 17.2. The number of rotatable bonds is 4. The first-order valence-corrected chi connectivity index (χ1v) is 7.66. The molecule has 0 bridgehead atoms. The highest BCUT2D eigenvalue weighted by molar-refractivity contribution is 6.18. The largest absolute Gasteiger partial charge is 0.288 e. The van der Waals surface area contributed by atoms with Crippen LogP contribution in [0.3, 0.4) is 0 Å². The summed E-state index contributed by atoms with van der Waals surface area (Å²) in [6.07, 6.45) is 2.89. The molecule has 110 valence electrons. The molecule has 2 aromatic carbocycles. The van der Waals surface area contributed by atoms with Gasteiger partial charge in [0.1, 0.15) is 0 Å². The number of nitrogens with zero attached hydrogens (tertiary/aromatic N) is 1. The van der Waals surface area contributed by atoms with Gasteiger partial charge in [-0.3, -0.25) is 4.99 Å². The SMILES string of the molecule is Cl.ClCCc1ccccc1CC1=NCCc2ccccc21. The van der Waals surface area contributed by atoms with Gasteiger partial charge in [0.25, 0.3) is 0 Å². The molecule has 0 saturated heterocycles. The molecule has 0 fully saturated rings. The van der Waals surface area contributed by atoms with E-state index >= 15 is 0 Å². The number of aliphatic imine (C=N–C) groups is 1. The summed E-state index contributed by atoms with van der Waals surface area (Å²) >= 11 is 5.90. The van der Waals surface area contributed by atoms with Gasteiger partial charge in [0.2, 0.25) is 0 Å². The van der Waals surface area contributed by atoms with Crippen LogP contribution in [0.4, 0.5) is 0 Å². The molecule has 0 radical (unpaired) electrons. The van der Waals surface area contributed by atoms with Crippen LogP contribution < -0.4 is 0 Å². The smallest absolute Gasteiger partial charge is 0.0467 e. The van der Waals surface area contributed by atoms with Gasteiger partial charge in [-0.2, -0.15) is 0 Å². The molecule has 1 aliphatic heterocycles. The highest BCUT2D eigenvalue weighted by Crippen LogP contribution is 2.20. The Morgan fingerprint density at radius 3 is 2.48 bits per heavy atom. The Bertz CT molecular complexity index is 635. The number of hydrogen-bond donors (Lipinski definition) is 0. The lowest BCUT2D eigenvalue weighted by atomic mass is 9.92. The van der Waals surface area contributed by atoms with E-state index in [4.69, 9.17) is 16.6 Å². The van der Waals surface area contributed by atoms with Crippen molar-refractivity contribution in [3.8, 4) is 0 Å². The van der Waals surface area contributed by atoms with Crippen LogP contribution in [-0.2, 0) is 19.3 Å². The lowest BCUT2D eigenvalue weighted by Gasteiger charge is -2.18. The molecule has 3 rings (SSSR count). The molecule has 1 nitrogen and oxygen atoms in total. The number of benzene rings is 2. The van der Waals surface area contributed by atoms with Crippen LogP contribution in [-0.4, -0.2) is 18.1 Å². The van der Waals surface area contributed by atoms with Gasteiger partial charge in [-0.1, -0.05) is 48.5 Å². The fourth-order valence-corrected chi connectivity index (χ4v) is 3.03. The summed E-state index contributed by atoms with van der Waals surface area (Å²) in [7, 11) is 0. The van der Waals surface area contributed by atoms with Crippen molar-refractivity contribution in [2.75, 3.05) is 12.4 Å². The minimum atomic E-state index is 0. The summed E-state index contributed by atoms with van der Waals surface area (Å²) in [5, 5.41) is 0. The van der Waals surface area contributed by atoms with E-state index in [9.17, 15) is 0 Å². The van der Waals surface area contributed by atoms with E-state index in [2.05, 4.69) is 48.5 Å². The maximum absolute atomic E-state index is 5.90. The van der Waals surface area contributed by atoms with Crippen LogP contribution in [0.5, 0.6) is 0 Å². The van der Waals surface area contributed by atoms with Gasteiger partial charge >= 0.3 is 0 Å². The van der Waals surface area contributed by atoms with Crippen molar-refractivity contribution in [2.45, 2.75) is 19.3 Å². The van der Waals surface area contributed by atoms with E-state index < -0.39 is 0 Å². The predicted octanol–water partition coefficient (Wildman–Crippen LogP) is 4.48. The Labute approximate surface area is 137 Å². The molecule has 0 saturated carbocycles. The van der Waals surface area contributed by atoms with Gasteiger partial charge in [0.05, 0.1) is 0 Å². The Balaban J connectivity index is 0.00000161. The van der Waals surface area contributed by atoms with Gasteiger partial charge in [0, 0.05) is 24.6 Å². The summed E-state index contributed by atoms with van der Waals surface area (Å²) in [4.78, 5) is 4.75. The number of aryl methyl sites for hydroxylation is 1. The minimum Gasteiger partial charge on any atom is -0.288 e. The third-order valence-electron chi connectivity index (χ3n) is 3.85. The van der Waals surface area contributed by atoms with Crippen molar-refractivity contribution in [1.29, 1.82) is 0 Å². The number of fused-ring (bicyclic) bond motifs is 1. The van der Waals surface area contributed by atoms with Crippen LogP contribution in [0.2, 0.25) is 0 Å². The summed E-state index contributed by atoms with van der Waals surface area (Å²) in [6.45, 7) is 0.907. The van der Waals surface area contributed by atoms with Crippen molar-refractivity contribution < 1.29 is 0 Å². The van der Waals surface area contributed by atoms with Crippen molar-refractivity contribution in [2.24, 2.45) is 4.99 Å². The molecular formula is C18H19Cl2N. The first kappa shape index (κ1) is 16.1. The quantitative estimate of drug-likeness (QED) is 0.737. The molecule has 0 spiro atoms. The minimum absolute atomic E-state index is 0. The number of halogens is 2. The van der Waals surface area contributed by atoms with Crippen molar-refractivity contribution >= 4 is 29.7 Å². The molecule has 0 aromatic heterocycles. The van der Waals surface area contributed by atoms with Crippen molar-refractivity contribution in [3.63, 3.8) is 0 Å². The second-order valence-corrected chi connectivity index (χ2v) is 5.50. The van der Waals surface area contributed by atoms with Gasteiger partial charge < -0.3 is 0 Å². The molecule has 21 heavy (non-hydrogen) atoms. The fourth-order valence-electron chi connectivity index (χ4n) is 2.82. The van der Waals surface area contributed by atoms with E-state index in [0.29, 0.717) is 5.88 Å². The number of hydrogen-bond acceptors (Lipinski definition) is 1. The average Bonchev–Trinajstić information content (AvgIpc) is 2.50. The second kappa shape index (κ2) is 7.63. The van der Waals surface area contributed by atoms with E-state index in [0.717, 1.165) is 25.8 Å². The van der Waals surface area contributed by atoms with E-state index in [1.165, 1.54) is 28.0 Å². The first-order chi connectivity index (χ1) is 9.88. The lowest BCUT2D eigenvalue weighted by Crippen LogP contribution is -2.16. The van der Waals surface area contributed by atoms with E-state index in [-0.39, 0.29) is 12.4 Å². The van der Waals surface area contributed by atoms with Crippen LogP contribution >= 0.6 is 24.0 Å². The van der Waals surface area contributed by atoms with Crippen LogP contribution in [0.15, 0.2) is 53.5 Å². The highest BCUT2D eigenvalue weighted by Gasteiger charge is 2.14. The summed E-state index contributed by atoms with van der Waals surface area (Å²) in [5.41, 5.74) is 6.65. The Morgan fingerprint density at radius 1 is 0.952 bits per heavy atom. The Morgan fingerprint density at radius 2 is 1.67 bits per heavy atom. The standard InChI is InChI=1S/C18H18ClN.ClH/c19-11-9-14-5-1-2-7-16(14)13-18-17-8-4-3-6-15(17)10-12-20-18;/h1-8H,9-13H2;1H. The van der Waals surface area contributed by atoms with Crippen LogP contribution in [0.25, 0.3) is 0 Å². The normalized spacial score (nSPS) is 13.1. The zero-order chi connectivity index (χ0) is 13.8. The number of alkyl halides is 1. The molecule has 0 aliphatic carbocycles. The third-order valence-corrected chi connectivity index (χ3v) is 4.04. The third kappa shape index (κ3) is 3.66. The summed E-state index contributed by atoms with van der Waals surface area (Å²) in [5.74, 6) is 0.667. The highest BCUT2D eigenvalue weighted by atomic mass is 35.5. The zero-order valence-corrected chi connectivity index (χ0v) is 13.5. The molecule has 0 unspecified atom stereocenters. The van der Waals surface area contributed by atoms with Gasteiger partial charge in [0.15, 0.2) is 0 Å². The van der Waals surface area contributed by atoms with Gasteiger partial charge in [-0.05, 0) is 35.1 Å². The molecule has 0 amide bonds. The van der Waals surface area contributed by atoms with Crippen molar-refractivity contribution in [1.82, 2.24) is 0 Å². The van der Waals surface area contributed by atoms with Crippen LogP contribution in [0.1, 0.15) is 22.3 Å². The van der Waals surface area contributed by atoms with Crippen LogP contribution in [0, 0.1) is 0 Å². The summed E-state index contributed by atoms with van der Waals surface area (Å²) < 4.78 is 0. The maximum Gasteiger partial charge on any atom is 0.0467 e. The topological polar surface area (TPSA) is 12.4 Å². The molecule has 1 heterocycles. The zero-order valence-electron chi connectivity index (χ0n) is 11.9. The van der Waals surface area contributed by atoms with Gasteiger partial charge in [-0.25, -0.2) is 0 Å². The van der Waals surface area contributed by atoms with Gasteiger partial charge in [-0.15, -0.1) is 24.0 Å². The maximum atomic E-state index is 5.90. The Kier molecular flexibility index (Phi) is 5.84. The fraction of sp³-hybridized carbons (Fsp3) is 0.278. The first-order valence-electron chi connectivity index (χ1n) is 7.13. The molecular weight excluding hydrogens is 301 g/mol. The Hall–Kier alpha value is -1.31.